The molecule has 2 aromatic carbocycles. The second-order valence-corrected chi connectivity index (χ2v) is 20.9. The summed E-state index contributed by atoms with van der Waals surface area (Å²) in [7, 11) is -2.21. The number of fused-ring (bicyclic) bond motifs is 3. The summed E-state index contributed by atoms with van der Waals surface area (Å²) in [5.74, 6) is 2.87. The number of pyridine rings is 1. The minimum atomic E-state index is -2.21. The largest absolute Gasteiger partial charge is 0.462 e. The zero-order valence-electron chi connectivity index (χ0n) is 29.9. The Morgan fingerprint density at radius 3 is 2.50 bits per heavy atom. The highest BCUT2D eigenvalue weighted by molar-refractivity contribution is 6.90. The van der Waals surface area contributed by atoms with E-state index in [1.807, 2.05) is 12.1 Å². The highest BCUT2D eigenvalue weighted by Gasteiger charge is 2.44. The first-order chi connectivity index (χ1) is 24.0. The van der Waals surface area contributed by atoms with Crippen LogP contribution in [0.15, 0.2) is 30.3 Å². The average molecular weight is 697 g/mol. The monoisotopic (exact) mass is 696 g/mol. The van der Waals surface area contributed by atoms with Gasteiger partial charge in [0.1, 0.15) is 43.8 Å². The number of hydrogen-bond acceptors (Lipinski definition) is 7. The fourth-order valence-electron chi connectivity index (χ4n) is 8.43. The van der Waals surface area contributed by atoms with Crippen LogP contribution in [-0.2, 0) is 16.0 Å². The summed E-state index contributed by atoms with van der Waals surface area (Å²) in [4.78, 5) is 28.5. The van der Waals surface area contributed by atoms with Crippen LogP contribution < -0.4 is 9.64 Å². The lowest BCUT2D eigenvalue weighted by Gasteiger charge is -2.38. The minimum Gasteiger partial charge on any atom is -0.462 e. The Hall–Kier alpha value is -3.94. The summed E-state index contributed by atoms with van der Waals surface area (Å²) < 4.78 is 45.3. The van der Waals surface area contributed by atoms with Gasteiger partial charge >= 0.3 is 6.01 Å². The van der Waals surface area contributed by atoms with Gasteiger partial charge in [0.05, 0.1) is 34.7 Å². The van der Waals surface area contributed by atoms with Crippen LogP contribution in [0, 0.1) is 28.5 Å². The van der Waals surface area contributed by atoms with Crippen molar-refractivity contribution in [1.82, 2.24) is 15.0 Å². The summed E-state index contributed by atoms with van der Waals surface area (Å²) in [6.07, 6.45) is 4.52. The van der Waals surface area contributed by atoms with Gasteiger partial charge in [0, 0.05) is 24.1 Å². The van der Waals surface area contributed by atoms with Crippen LogP contribution in [0.5, 0.6) is 6.01 Å². The van der Waals surface area contributed by atoms with Crippen LogP contribution >= 0.6 is 0 Å². The number of hydrogen-bond donors (Lipinski definition) is 0. The van der Waals surface area contributed by atoms with Crippen molar-refractivity contribution in [3.05, 3.63) is 53.2 Å². The number of halogens is 2. The van der Waals surface area contributed by atoms with Crippen molar-refractivity contribution < 1.29 is 23.0 Å². The van der Waals surface area contributed by atoms with Gasteiger partial charge in [-0.1, -0.05) is 71.7 Å². The summed E-state index contributed by atoms with van der Waals surface area (Å²) >= 11 is 0. The molecule has 2 aromatic heterocycles. The van der Waals surface area contributed by atoms with Crippen LogP contribution in [0.25, 0.3) is 32.9 Å². The van der Waals surface area contributed by atoms with E-state index in [0.717, 1.165) is 37.4 Å². The van der Waals surface area contributed by atoms with Gasteiger partial charge in [-0.25, -0.2) is 13.8 Å². The van der Waals surface area contributed by atoms with Gasteiger partial charge in [-0.2, -0.15) is 9.97 Å². The quantitative estimate of drug-likeness (QED) is 0.104. The molecule has 0 spiro atoms. The van der Waals surface area contributed by atoms with Crippen LogP contribution in [0.3, 0.4) is 0 Å². The maximum atomic E-state index is 17.3. The lowest BCUT2D eigenvalue weighted by Crippen LogP contribution is -2.43. The van der Waals surface area contributed by atoms with E-state index in [-0.39, 0.29) is 35.4 Å². The summed E-state index contributed by atoms with van der Waals surface area (Å²) in [6.45, 7) is 15.4. The summed E-state index contributed by atoms with van der Waals surface area (Å²) in [5.41, 5.74) is 5.87. The number of aldehydes is 1. The maximum Gasteiger partial charge on any atom is 0.319 e. The molecule has 0 radical (unpaired) electrons. The predicted molar refractivity (Wildman–Crippen MR) is 196 cm³/mol. The number of rotatable bonds is 8. The van der Waals surface area contributed by atoms with Gasteiger partial charge in [-0.05, 0) is 60.2 Å². The SMILES string of the molecule is CC(C)[Si](C#Cc1c(F)ccc2cccc(-c3nc4c5c(nc(OCC6(C=O)CC6)nc5c3F)N3CCCOC[C@@H]3CC4)c12)(C(C)C)C(C)C. The Balaban J connectivity index is 1.46. The van der Waals surface area contributed by atoms with Gasteiger partial charge in [0.2, 0.25) is 0 Å². The van der Waals surface area contributed by atoms with E-state index in [1.165, 1.54) is 6.07 Å². The van der Waals surface area contributed by atoms with Crippen molar-refractivity contribution in [2.45, 2.75) is 96.3 Å². The zero-order valence-corrected chi connectivity index (χ0v) is 30.9. The second kappa shape index (κ2) is 13.3. The third kappa shape index (κ3) is 5.86. The Labute approximate surface area is 294 Å². The smallest absolute Gasteiger partial charge is 0.319 e. The number of carbonyl (C=O) groups excluding carboxylic acids is 1. The Bertz CT molecular complexity index is 2010. The Morgan fingerprint density at radius 2 is 1.80 bits per heavy atom. The first-order valence-electron chi connectivity index (χ1n) is 18.1. The topological polar surface area (TPSA) is 77.4 Å². The summed E-state index contributed by atoms with van der Waals surface area (Å²) in [6, 6.07) is 8.78. The molecule has 0 unspecified atom stereocenters. The molecule has 3 aliphatic rings. The Kier molecular flexibility index (Phi) is 9.19. The van der Waals surface area contributed by atoms with Crippen molar-refractivity contribution in [3.8, 4) is 28.7 Å². The lowest BCUT2D eigenvalue weighted by atomic mass is 9.95. The molecule has 10 heteroatoms. The Morgan fingerprint density at radius 1 is 1.04 bits per heavy atom. The van der Waals surface area contributed by atoms with Crippen molar-refractivity contribution in [3.63, 3.8) is 0 Å². The molecule has 7 rings (SSSR count). The third-order valence-corrected chi connectivity index (χ3v) is 17.7. The molecule has 1 saturated carbocycles. The van der Waals surface area contributed by atoms with Crippen molar-refractivity contribution in [2.24, 2.45) is 5.41 Å². The van der Waals surface area contributed by atoms with E-state index in [4.69, 9.17) is 19.4 Å². The highest BCUT2D eigenvalue weighted by atomic mass is 28.3. The molecule has 1 atom stereocenters. The first-order valence-corrected chi connectivity index (χ1v) is 20.3. The lowest BCUT2D eigenvalue weighted by molar-refractivity contribution is -0.113. The molecule has 50 heavy (non-hydrogen) atoms. The molecule has 2 fully saturated rings. The fourth-order valence-corrected chi connectivity index (χ4v) is 13.6. The number of carbonyl (C=O) groups is 1. The molecule has 262 valence electrons. The van der Waals surface area contributed by atoms with E-state index in [9.17, 15) is 4.79 Å². The number of aryl methyl sites for hydroxylation is 1. The molecular weight excluding hydrogens is 651 g/mol. The second-order valence-electron chi connectivity index (χ2n) is 15.3. The molecule has 7 nitrogen and oxygen atoms in total. The van der Waals surface area contributed by atoms with Gasteiger partial charge in [0.25, 0.3) is 0 Å². The average Bonchev–Trinajstić information content (AvgIpc) is 3.92. The van der Waals surface area contributed by atoms with Gasteiger partial charge in [0.15, 0.2) is 5.82 Å². The molecular formula is C40H46F2N4O3Si. The van der Waals surface area contributed by atoms with E-state index < -0.39 is 25.1 Å². The molecule has 2 aliphatic heterocycles. The molecule has 0 amide bonds. The van der Waals surface area contributed by atoms with Crippen molar-refractivity contribution in [2.75, 3.05) is 31.3 Å². The number of aromatic nitrogens is 3. The number of anilines is 1. The predicted octanol–water partition coefficient (Wildman–Crippen LogP) is 8.59. The molecule has 4 aromatic rings. The fraction of sp³-hybridized carbons (Fsp3) is 0.500. The van der Waals surface area contributed by atoms with Crippen LogP contribution in [0.1, 0.15) is 78.5 Å². The molecule has 0 bridgehead atoms. The van der Waals surface area contributed by atoms with Gasteiger partial charge in [-0.15, -0.1) is 5.54 Å². The highest BCUT2D eigenvalue weighted by Crippen LogP contribution is 2.45. The number of benzene rings is 2. The zero-order chi connectivity index (χ0) is 35.4. The normalized spacial score (nSPS) is 18.5. The van der Waals surface area contributed by atoms with Crippen LogP contribution in [0.4, 0.5) is 14.6 Å². The van der Waals surface area contributed by atoms with E-state index >= 15 is 8.78 Å². The minimum absolute atomic E-state index is 0.0229. The maximum absolute atomic E-state index is 17.3. The molecule has 0 N–H and O–H groups in total. The van der Waals surface area contributed by atoms with E-state index in [2.05, 4.69) is 62.9 Å². The van der Waals surface area contributed by atoms with Gasteiger partial charge < -0.3 is 19.2 Å². The van der Waals surface area contributed by atoms with Crippen LogP contribution in [-0.4, -0.2) is 61.7 Å². The van der Waals surface area contributed by atoms with Crippen molar-refractivity contribution >= 4 is 41.9 Å². The van der Waals surface area contributed by atoms with E-state index in [0.29, 0.717) is 70.7 Å². The molecule has 1 saturated heterocycles. The number of nitrogens with zero attached hydrogens (tertiary/aromatic N) is 4. The van der Waals surface area contributed by atoms with Crippen molar-refractivity contribution in [1.29, 1.82) is 0 Å². The summed E-state index contributed by atoms with van der Waals surface area (Å²) in [5, 5.41) is 1.86. The first kappa shape index (κ1) is 34.5. The third-order valence-electron chi connectivity index (χ3n) is 11.4. The number of ether oxygens (including phenoxy) is 2. The molecule has 1 aliphatic carbocycles. The van der Waals surface area contributed by atoms with Crippen LogP contribution in [0.2, 0.25) is 16.6 Å². The van der Waals surface area contributed by atoms with Gasteiger partial charge in [-0.3, -0.25) is 0 Å². The standard InChI is InChI=1S/C40H46F2N4O3Si/c1-24(2)50(25(3)4,26(5)6)20-15-29-31(41)13-11-27-9-7-10-30(33(27)29)36-35(42)37-34-32(43-36)14-12-28-21-48-19-8-18-46(28)38(34)45-39(44-37)49-23-40(22-47)16-17-40/h7,9-11,13,22,24-26,28H,8,12,14,16-19,21,23H2,1-6H3/t28-/m0/s1. The van der Waals surface area contributed by atoms with E-state index in [1.54, 1.807) is 12.1 Å². The molecule has 4 heterocycles.